The standard InChI is InChI=1S/C14H24N4O4S/c1-3-13-15-5-7-17(13)6-4-14(19)16-10-12-11-18(8-9-22-12)23(2,20)21/h5,7,12H,3-4,6,8-11H2,1-2H3,(H,16,19). The Balaban J connectivity index is 1.74. The molecule has 1 atom stereocenters. The van der Waals surface area contributed by atoms with Gasteiger partial charge in [0, 0.05) is 51.4 Å². The Labute approximate surface area is 136 Å². The van der Waals surface area contributed by atoms with Crippen LogP contribution in [0.5, 0.6) is 0 Å². The fraction of sp³-hybridized carbons (Fsp3) is 0.714. The summed E-state index contributed by atoms with van der Waals surface area (Å²) < 4.78 is 31.9. The predicted octanol–water partition coefficient (Wildman–Crippen LogP) is -0.388. The molecule has 1 aliphatic heterocycles. The molecule has 0 spiro atoms. The predicted molar refractivity (Wildman–Crippen MR) is 85.4 cm³/mol. The summed E-state index contributed by atoms with van der Waals surface area (Å²) in [6.45, 7) is 3.91. The molecule has 1 aromatic heterocycles. The molecule has 2 heterocycles. The average Bonchev–Trinajstić information content (AvgIpc) is 2.98. The van der Waals surface area contributed by atoms with Crippen molar-refractivity contribution in [3.05, 3.63) is 18.2 Å². The number of hydrogen-bond acceptors (Lipinski definition) is 5. The van der Waals surface area contributed by atoms with Gasteiger partial charge in [0.25, 0.3) is 0 Å². The highest BCUT2D eigenvalue weighted by molar-refractivity contribution is 7.88. The highest BCUT2D eigenvalue weighted by Gasteiger charge is 2.26. The molecular formula is C14H24N4O4S. The van der Waals surface area contributed by atoms with Crippen LogP contribution in [-0.4, -0.2) is 66.8 Å². The lowest BCUT2D eigenvalue weighted by atomic mass is 10.3. The van der Waals surface area contributed by atoms with E-state index in [2.05, 4.69) is 10.3 Å². The molecule has 1 fully saturated rings. The maximum Gasteiger partial charge on any atom is 0.221 e. The van der Waals surface area contributed by atoms with Gasteiger partial charge in [-0.25, -0.2) is 13.4 Å². The van der Waals surface area contributed by atoms with Crippen molar-refractivity contribution in [1.29, 1.82) is 0 Å². The van der Waals surface area contributed by atoms with Crippen molar-refractivity contribution in [3.8, 4) is 0 Å². The van der Waals surface area contributed by atoms with Crippen molar-refractivity contribution in [2.24, 2.45) is 0 Å². The van der Waals surface area contributed by atoms with Gasteiger partial charge in [0.2, 0.25) is 15.9 Å². The molecule has 1 aromatic rings. The third kappa shape index (κ3) is 5.29. The summed E-state index contributed by atoms with van der Waals surface area (Å²) in [5, 5.41) is 2.81. The molecule has 2 rings (SSSR count). The first-order chi connectivity index (χ1) is 10.9. The lowest BCUT2D eigenvalue weighted by Crippen LogP contribution is -2.49. The van der Waals surface area contributed by atoms with Crippen molar-refractivity contribution >= 4 is 15.9 Å². The number of aryl methyl sites for hydroxylation is 2. The molecule has 8 nitrogen and oxygen atoms in total. The summed E-state index contributed by atoms with van der Waals surface area (Å²) in [6.07, 6.45) is 5.65. The van der Waals surface area contributed by atoms with Crippen LogP contribution in [0, 0.1) is 0 Å². The van der Waals surface area contributed by atoms with Crippen LogP contribution in [-0.2, 0) is 32.5 Å². The van der Waals surface area contributed by atoms with Crippen LogP contribution in [0.4, 0.5) is 0 Å². The molecule has 0 saturated carbocycles. The molecule has 1 saturated heterocycles. The van der Waals surface area contributed by atoms with Crippen LogP contribution in [0.15, 0.2) is 12.4 Å². The Kier molecular flexibility index (Phi) is 6.14. The van der Waals surface area contributed by atoms with Crippen LogP contribution in [0.1, 0.15) is 19.2 Å². The summed E-state index contributed by atoms with van der Waals surface area (Å²) in [4.78, 5) is 16.1. The number of rotatable bonds is 7. The molecule has 1 unspecified atom stereocenters. The van der Waals surface area contributed by atoms with Crippen molar-refractivity contribution < 1.29 is 17.9 Å². The second-order valence-electron chi connectivity index (χ2n) is 5.56. The summed E-state index contributed by atoms with van der Waals surface area (Å²) in [5.74, 6) is 0.873. The van der Waals surface area contributed by atoms with Gasteiger partial charge >= 0.3 is 0 Å². The van der Waals surface area contributed by atoms with E-state index in [0.717, 1.165) is 12.2 Å². The second kappa shape index (κ2) is 7.89. The number of nitrogens with zero attached hydrogens (tertiary/aromatic N) is 3. The highest BCUT2D eigenvalue weighted by Crippen LogP contribution is 2.08. The van der Waals surface area contributed by atoms with Gasteiger partial charge in [-0.05, 0) is 0 Å². The molecule has 23 heavy (non-hydrogen) atoms. The topological polar surface area (TPSA) is 93.5 Å². The quantitative estimate of drug-likeness (QED) is 0.727. The van der Waals surface area contributed by atoms with E-state index in [1.807, 2.05) is 17.7 Å². The number of sulfonamides is 1. The minimum atomic E-state index is -3.21. The monoisotopic (exact) mass is 344 g/mol. The summed E-state index contributed by atoms with van der Waals surface area (Å²) in [6, 6.07) is 0. The molecule has 1 amide bonds. The number of amides is 1. The molecule has 1 aliphatic rings. The fourth-order valence-corrected chi connectivity index (χ4v) is 3.36. The zero-order valence-corrected chi connectivity index (χ0v) is 14.4. The summed E-state index contributed by atoms with van der Waals surface area (Å²) in [5.41, 5.74) is 0. The molecule has 0 aliphatic carbocycles. The first kappa shape index (κ1) is 17.9. The van der Waals surface area contributed by atoms with E-state index in [-0.39, 0.29) is 18.6 Å². The first-order valence-electron chi connectivity index (χ1n) is 7.73. The van der Waals surface area contributed by atoms with Gasteiger partial charge < -0.3 is 14.6 Å². The zero-order valence-electron chi connectivity index (χ0n) is 13.6. The number of morpholine rings is 1. The van der Waals surface area contributed by atoms with E-state index >= 15 is 0 Å². The molecule has 9 heteroatoms. The molecule has 0 aromatic carbocycles. The third-order valence-corrected chi connectivity index (χ3v) is 5.06. The number of nitrogens with one attached hydrogen (secondary N) is 1. The second-order valence-corrected chi connectivity index (χ2v) is 7.54. The van der Waals surface area contributed by atoms with Crippen LogP contribution in [0.25, 0.3) is 0 Å². The minimum Gasteiger partial charge on any atom is -0.374 e. The molecule has 0 bridgehead atoms. The summed E-state index contributed by atoms with van der Waals surface area (Å²) in [7, 11) is -3.21. The Morgan fingerprint density at radius 3 is 3.00 bits per heavy atom. The maximum absolute atomic E-state index is 11.9. The fourth-order valence-electron chi connectivity index (χ4n) is 2.51. The Morgan fingerprint density at radius 1 is 1.52 bits per heavy atom. The number of ether oxygens (including phenoxy) is 1. The van der Waals surface area contributed by atoms with Crippen molar-refractivity contribution in [2.45, 2.75) is 32.4 Å². The number of carbonyl (C=O) groups excluding carboxylic acids is 1. The average molecular weight is 344 g/mol. The Morgan fingerprint density at radius 2 is 2.30 bits per heavy atom. The molecule has 130 valence electrons. The Hall–Kier alpha value is -1.45. The van der Waals surface area contributed by atoms with Gasteiger partial charge in [-0.15, -0.1) is 0 Å². The number of imidazole rings is 1. The Bertz CT molecular complexity index is 628. The summed E-state index contributed by atoms with van der Waals surface area (Å²) >= 11 is 0. The van der Waals surface area contributed by atoms with Crippen molar-refractivity contribution in [2.75, 3.05) is 32.5 Å². The van der Waals surface area contributed by atoms with Gasteiger partial charge in [0.15, 0.2) is 0 Å². The van der Waals surface area contributed by atoms with Gasteiger partial charge in [-0.3, -0.25) is 4.79 Å². The van der Waals surface area contributed by atoms with E-state index in [1.165, 1.54) is 10.6 Å². The lowest BCUT2D eigenvalue weighted by Gasteiger charge is -2.31. The van der Waals surface area contributed by atoms with E-state index in [4.69, 9.17) is 4.74 Å². The van der Waals surface area contributed by atoms with Crippen LogP contribution in [0.3, 0.4) is 0 Å². The van der Waals surface area contributed by atoms with E-state index in [0.29, 0.717) is 32.7 Å². The molecule has 1 N–H and O–H groups in total. The van der Waals surface area contributed by atoms with Gasteiger partial charge in [-0.2, -0.15) is 4.31 Å². The highest BCUT2D eigenvalue weighted by atomic mass is 32.2. The minimum absolute atomic E-state index is 0.0826. The van der Waals surface area contributed by atoms with Gasteiger partial charge in [0.05, 0.1) is 19.0 Å². The van der Waals surface area contributed by atoms with E-state index in [1.54, 1.807) is 6.20 Å². The first-order valence-corrected chi connectivity index (χ1v) is 9.58. The normalized spacial score (nSPS) is 19.7. The van der Waals surface area contributed by atoms with E-state index in [9.17, 15) is 13.2 Å². The number of aromatic nitrogens is 2. The maximum atomic E-state index is 11.9. The van der Waals surface area contributed by atoms with E-state index < -0.39 is 10.0 Å². The van der Waals surface area contributed by atoms with Crippen LogP contribution in [0.2, 0.25) is 0 Å². The number of hydrogen-bond donors (Lipinski definition) is 1. The van der Waals surface area contributed by atoms with Crippen molar-refractivity contribution in [3.63, 3.8) is 0 Å². The van der Waals surface area contributed by atoms with Crippen molar-refractivity contribution in [1.82, 2.24) is 19.2 Å². The zero-order chi connectivity index (χ0) is 16.9. The van der Waals surface area contributed by atoms with Crippen LogP contribution < -0.4 is 5.32 Å². The number of carbonyl (C=O) groups is 1. The molecule has 0 radical (unpaired) electrons. The smallest absolute Gasteiger partial charge is 0.221 e. The largest absolute Gasteiger partial charge is 0.374 e. The molecular weight excluding hydrogens is 320 g/mol. The lowest BCUT2D eigenvalue weighted by molar-refractivity contribution is -0.122. The third-order valence-electron chi connectivity index (χ3n) is 3.80. The van der Waals surface area contributed by atoms with Gasteiger partial charge in [0.1, 0.15) is 5.82 Å². The van der Waals surface area contributed by atoms with Gasteiger partial charge in [-0.1, -0.05) is 6.92 Å². The SMILES string of the molecule is CCc1nccn1CCC(=O)NCC1CN(S(C)(=O)=O)CCO1. The van der Waals surface area contributed by atoms with Crippen LogP contribution >= 0.6 is 0 Å².